The quantitative estimate of drug-likeness (QED) is 0.760. The zero-order chi connectivity index (χ0) is 17.8. The predicted octanol–water partition coefficient (Wildman–Crippen LogP) is 3.25. The van der Waals surface area contributed by atoms with Gasteiger partial charge in [0.1, 0.15) is 6.54 Å². The molecule has 1 N–H and O–H groups in total. The minimum Gasteiger partial charge on any atom is -0.324 e. The Morgan fingerprint density at radius 1 is 1.12 bits per heavy atom. The molecule has 0 saturated heterocycles. The number of benzene rings is 1. The first-order valence-electron chi connectivity index (χ1n) is 7.26. The van der Waals surface area contributed by atoms with E-state index in [1.807, 2.05) is 6.07 Å². The van der Waals surface area contributed by atoms with Gasteiger partial charge in [0.25, 0.3) is 5.56 Å². The van der Waals surface area contributed by atoms with Gasteiger partial charge in [-0.3, -0.25) is 14.6 Å². The molecular weight excluding hydrogens is 363 g/mol. The predicted molar refractivity (Wildman–Crippen MR) is 96.8 cm³/mol. The van der Waals surface area contributed by atoms with Gasteiger partial charge in [-0.1, -0.05) is 23.2 Å². The average molecular weight is 375 g/mol. The fourth-order valence-electron chi connectivity index (χ4n) is 2.19. The summed E-state index contributed by atoms with van der Waals surface area (Å²) in [6.07, 6.45) is 3.27. The summed E-state index contributed by atoms with van der Waals surface area (Å²) in [6.45, 7) is -0.239. The van der Waals surface area contributed by atoms with Gasteiger partial charge in [0.15, 0.2) is 0 Å². The molecule has 126 valence electrons. The Morgan fingerprint density at radius 2 is 1.88 bits per heavy atom. The van der Waals surface area contributed by atoms with E-state index < -0.39 is 5.91 Å². The highest BCUT2D eigenvalue weighted by Gasteiger charge is 2.09. The molecule has 0 bridgehead atoms. The van der Waals surface area contributed by atoms with Gasteiger partial charge in [-0.25, -0.2) is 4.68 Å². The minimum absolute atomic E-state index is 0.239. The largest absolute Gasteiger partial charge is 0.324 e. The molecule has 3 aromatic rings. The maximum absolute atomic E-state index is 12.2. The van der Waals surface area contributed by atoms with Crippen molar-refractivity contribution in [2.45, 2.75) is 6.54 Å². The van der Waals surface area contributed by atoms with Crippen LogP contribution in [0.4, 0.5) is 5.69 Å². The summed E-state index contributed by atoms with van der Waals surface area (Å²) in [7, 11) is 0. The Hall–Kier alpha value is -2.70. The molecule has 0 saturated carbocycles. The monoisotopic (exact) mass is 374 g/mol. The fraction of sp³-hybridized carbons (Fsp3) is 0.0588. The number of nitrogens with one attached hydrogen (secondary N) is 1. The molecule has 0 aliphatic rings. The van der Waals surface area contributed by atoms with Gasteiger partial charge in [-0.05, 0) is 36.4 Å². The molecule has 0 radical (unpaired) electrons. The Morgan fingerprint density at radius 3 is 2.56 bits per heavy atom. The summed E-state index contributed by atoms with van der Waals surface area (Å²) in [6, 6.07) is 11.2. The van der Waals surface area contributed by atoms with E-state index in [0.717, 1.165) is 10.2 Å². The maximum atomic E-state index is 12.2. The van der Waals surface area contributed by atoms with E-state index in [9.17, 15) is 9.59 Å². The Balaban J connectivity index is 1.80. The van der Waals surface area contributed by atoms with Crippen molar-refractivity contribution in [3.8, 4) is 11.3 Å². The van der Waals surface area contributed by atoms with Crippen molar-refractivity contribution < 1.29 is 4.79 Å². The SMILES string of the molecule is O=C(Cn1nc(-c2cccnc2)ccc1=O)Nc1cc(Cl)cc(Cl)c1. The molecular formula is C17H12Cl2N4O2. The van der Waals surface area contributed by atoms with E-state index >= 15 is 0 Å². The van der Waals surface area contributed by atoms with Crippen molar-refractivity contribution >= 4 is 34.8 Å². The lowest BCUT2D eigenvalue weighted by molar-refractivity contribution is -0.117. The topological polar surface area (TPSA) is 76.9 Å². The molecule has 25 heavy (non-hydrogen) atoms. The highest BCUT2D eigenvalue weighted by molar-refractivity contribution is 6.35. The summed E-state index contributed by atoms with van der Waals surface area (Å²) in [4.78, 5) is 28.2. The zero-order valence-corrected chi connectivity index (χ0v) is 14.3. The zero-order valence-electron chi connectivity index (χ0n) is 12.8. The van der Waals surface area contributed by atoms with Crippen LogP contribution in [-0.4, -0.2) is 20.7 Å². The normalized spacial score (nSPS) is 10.5. The van der Waals surface area contributed by atoms with Crippen molar-refractivity contribution in [2.75, 3.05) is 5.32 Å². The van der Waals surface area contributed by atoms with Gasteiger partial charge in [0.05, 0.1) is 5.69 Å². The number of anilines is 1. The molecule has 3 rings (SSSR count). The second kappa shape index (κ2) is 7.46. The molecule has 0 fully saturated rings. The van der Waals surface area contributed by atoms with Crippen molar-refractivity contribution in [1.29, 1.82) is 0 Å². The van der Waals surface area contributed by atoms with Crippen LogP contribution in [0.5, 0.6) is 0 Å². The third kappa shape index (κ3) is 4.43. The number of nitrogens with zero attached hydrogens (tertiary/aromatic N) is 3. The summed E-state index contributed by atoms with van der Waals surface area (Å²) >= 11 is 11.8. The molecule has 2 aromatic heterocycles. The van der Waals surface area contributed by atoms with Crippen molar-refractivity contribution in [3.05, 3.63) is 75.3 Å². The Kier molecular flexibility index (Phi) is 5.11. The van der Waals surface area contributed by atoms with Gasteiger partial charge >= 0.3 is 0 Å². The lowest BCUT2D eigenvalue weighted by Crippen LogP contribution is -2.29. The highest BCUT2D eigenvalue weighted by Crippen LogP contribution is 2.22. The van der Waals surface area contributed by atoms with Crippen molar-refractivity contribution in [1.82, 2.24) is 14.8 Å². The van der Waals surface area contributed by atoms with E-state index in [0.29, 0.717) is 21.4 Å². The molecule has 0 aliphatic carbocycles. The van der Waals surface area contributed by atoms with Gasteiger partial charge < -0.3 is 5.32 Å². The molecule has 1 amide bonds. The Labute approximate surface area is 153 Å². The number of aromatic nitrogens is 3. The number of carbonyl (C=O) groups is 1. The van der Waals surface area contributed by atoms with Gasteiger partial charge in [0.2, 0.25) is 5.91 Å². The fourth-order valence-corrected chi connectivity index (χ4v) is 2.72. The number of hydrogen-bond acceptors (Lipinski definition) is 4. The van der Waals surface area contributed by atoms with Crippen LogP contribution < -0.4 is 10.9 Å². The molecule has 6 nitrogen and oxygen atoms in total. The maximum Gasteiger partial charge on any atom is 0.267 e. The lowest BCUT2D eigenvalue weighted by atomic mass is 10.2. The van der Waals surface area contributed by atoms with E-state index in [1.54, 1.807) is 42.7 Å². The van der Waals surface area contributed by atoms with Crippen molar-refractivity contribution in [2.24, 2.45) is 0 Å². The first-order chi connectivity index (χ1) is 12.0. The molecule has 0 atom stereocenters. The summed E-state index contributed by atoms with van der Waals surface area (Å²) in [5.41, 5.74) is 1.36. The minimum atomic E-state index is -0.420. The third-order valence-corrected chi connectivity index (χ3v) is 3.70. The molecule has 0 unspecified atom stereocenters. The van der Waals surface area contributed by atoms with E-state index in [2.05, 4.69) is 15.4 Å². The van der Waals surface area contributed by atoms with Crippen LogP contribution in [0.15, 0.2) is 59.7 Å². The van der Waals surface area contributed by atoms with Crippen LogP contribution in [0.3, 0.4) is 0 Å². The number of rotatable bonds is 4. The molecule has 0 aliphatic heterocycles. The third-order valence-electron chi connectivity index (χ3n) is 3.26. The number of hydrogen-bond donors (Lipinski definition) is 1. The van der Waals surface area contributed by atoms with Crippen molar-refractivity contribution in [3.63, 3.8) is 0 Å². The molecule has 0 spiro atoms. The highest BCUT2D eigenvalue weighted by atomic mass is 35.5. The standard InChI is InChI=1S/C17H12Cl2N4O2/c18-12-6-13(19)8-14(7-12)21-16(24)10-23-17(25)4-3-15(22-23)11-2-1-5-20-9-11/h1-9H,10H2,(H,21,24). The van der Waals surface area contributed by atoms with Crippen LogP contribution in [0.1, 0.15) is 0 Å². The average Bonchev–Trinajstić information content (AvgIpc) is 2.56. The number of halogens is 2. The van der Waals surface area contributed by atoms with Gasteiger partial charge in [-0.15, -0.1) is 0 Å². The summed E-state index contributed by atoms with van der Waals surface area (Å²) in [5, 5.41) is 7.65. The smallest absolute Gasteiger partial charge is 0.267 e. The Bertz CT molecular complexity index is 954. The number of amides is 1. The van der Waals surface area contributed by atoms with Crippen LogP contribution in [0.2, 0.25) is 10.0 Å². The van der Waals surface area contributed by atoms with E-state index in [4.69, 9.17) is 23.2 Å². The molecule has 8 heteroatoms. The number of pyridine rings is 1. The second-order valence-electron chi connectivity index (χ2n) is 5.16. The summed E-state index contributed by atoms with van der Waals surface area (Å²) in [5.74, 6) is -0.420. The van der Waals surface area contributed by atoms with E-state index in [1.165, 1.54) is 6.07 Å². The van der Waals surface area contributed by atoms with Gasteiger partial charge in [0, 0.05) is 39.8 Å². The first-order valence-corrected chi connectivity index (χ1v) is 8.01. The van der Waals surface area contributed by atoms with E-state index in [-0.39, 0.29) is 12.1 Å². The second-order valence-corrected chi connectivity index (χ2v) is 6.04. The van der Waals surface area contributed by atoms with Crippen LogP contribution in [-0.2, 0) is 11.3 Å². The molecule has 1 aromatic carbocycles. The van der Waals surface area contributed by atoms with Crippen LogP contribution in [0, 0.1) is 0 Å². The van der Waals surface area contributed by atoms with Gasteiger partial charge in [-0.2, -0.15) is 5.10 Å². The lowest BCUT2D eigenvalue weighted by Gasteiger charge is -2.09. The number of carbonyl (C=O) groups excluding carboxylic acids is 1. The van der Waals surface area contributed by atoms with Crippen LogP contribution in [0.25, 0.3) is 11.3 Å². The first kappa shape index (κ1) is 17.1. The molecule has 2 heterocycles. The van der Waals surface area contributed by atoms with Crippen LogP contribution >= 0.6 is 23.2 Å². The summed E-state index contributed by atoms with van der Waals surface area (Å²) < 4.78 is 1.09.